The molecule has 0 spiro atoms. The number of pyridine rings is 1. The van der Waals surface area contributed by atoms with Crippen molar-refractivity contribution in [3.05, 3.63) is 50.0 Å². The van der Waals surface area contributed by atoms with Crippen LogP contribution >= 0.6 is 31.9 Å². The Labute approximate surface area is 134 Å². The first kappa shape index (κ1) is 15.0. The molecule has 0 atom stereocenters. The summed E-state index contributed by atoms with van der Waals surface area (Å²) in [7, 11) is 0. The van der Waals surface area contributed by atoms with E-state index in [-0.39, 0.29) is 5.91 Å². The maximum Gasteiger partial charge on any atom is 0.257 e. The average Bonchev–Trinajstić information content (AvgIpc) is 2.38. The van der Waals surface area contributed by atoms with E-state index < -0.39 is 0 Å². The molecule has 104 valence electrons. The molecule has 0 bridgehead atoms. The van der Waals surface area contributed by atoms with Gasteiger partial charge in [-0.3, -0.25) is 4.79 Å². The second-order valence-corrected chi connectivity index (χ2v) is 6.16. The number of amides is 1. The van der Waals surface area contributed by atoms with Gasteiger partial charge < -0.3 is 11.1 Å². The molecule has 2 aromatic rings. The van der Waals surface area contributed by atoms with Crippen LogP contribution in [-0.4, -0.2) is 10.9 Å². The van der Waals surface area contributed by atoms with Crippen LogP contribution in [0.15, 0.2) is 33.2 Å². The van der Waals surface area contributed by atoms with Crippen molar-refractivity contribution in [2.45, 2.75) is 13.8 Å². The van der Waals surface area contributed by atoms with Gasteiger partial charge in [-0.25, -0.2) is 4.98 Å². The lowest BCUT2D eigenvalue weighted by Crippen LogP contribution is -2.15. The smallest absolute Gasteiger partial charge is 0.257 e. The van der Waals surface area contributed by atoms with E-state index in [0.717, 1.165) is 20.2 Å². The fourth-order valence-electron chi connectivity index (χ4n) is 1.73. The lowest BCUT2D eigenvalue weighted by Gasteiger charge is -2.10. The number of aromatic nitrogens is 1. The van der Waals surface area contributed by atoms with E-state index in [1.807, 2.05) is 19.9 Å². The number of benzene rings is 1. The number of hydrogen-bond acceptors (Lipinski definition) is 3. The molecule has 1 amide bonds. The molecule has 1 heterocycles. The third-order valence-corrected chi connectivity index (χ3v) is 4.22. The first-order valence-corrected chi connectivity index (χ1v) is 7.47. The van der Waals surface area contributed by atoms with Gasteiger partial charge in [-0.2, -0.15) is 0 Å². The van der Waals surface area contributed by atoms with Crippen molar-refractivity contribution in [3.8, 4) is 0 Å². The summed E-state index contributed by atoms with van der Waals surface area (Å²) in [5.74, 6) is 0.276. The summed E-state index contributed by atoms with van der Waals surface area (Å²) in [5, 5.41) is 2.77. The summed E-state index contributed by atoms with van der Waals surface area (Å²) in [4.78, 5) is 16.6. The normalized spacial score (nSPS) is 10.4. The van der Waals surface area contributed by atoms with Gasteiger partial charge in [0, 0.05) is 20.2 Å². The highest BCUT2D eigenvalue weighted by atomic mass is 79.9. The van der Waals surface area contributed by atoms with Crippen LogP contribution in [0, 0.1) is 13.8 Å². The average molecular weight is 399 g/mol. The number of anilines is 2. The number of halogens is 2. The number of carbonyl (C=O) groups excluding carboxylic acids is 1. The van der Waals surface area contributed by atoms with Crippen molar-refractivity contribution in [1.82, 2.24) is 4.98 Å². The largest absolute Gasteiger partial charge is 0.398 e. The third kappa shape index (κ3) is 3.19. The SMILES string of the molecule is Cc1nc(NC(=O)c2cc(Br)cc(N)c2C)ccc1Br. The van der Waals surface area contributed by atoms with Crippen LogP contribution in [0.25, 0.3) is 0 Å². The minimum atomic E-state index is -0.232. The quantitative estimate of drug-likeness (QED) is 0.749. The highest BCUT2D eigenvalue weighted by molar-refractivity contribution is 9.10. The summed E-state index contributed by atoms with van der Waals surface area (Å²) < 4.78 is 1.67. The summed E-state index contributed by atoms with van der Waals surface area (Å²) >= 11 is 6.71. The molecule has 1 aromatic heterocycles. The number of nitrogens with two attached hydrogens (primary N) is 1. The van der Waals surface area contributed by atoms with Crippen LogP contribution in [0.1, 0.15) is 21.6 Å². The molecule has 4 nitrogen and oxygen atoms in total. The van der Waals surface area contributed by atoms with Crippen molar-refractivity contribution < 1.29 is 4.79 Å². The zero-order chi connectivity index (χ0) is 14.9. The zero-order valence-electron chi connectivity index (χ0n) is 11.0. The molecular formula is C14H13Br2N3O. The molecule has 0 aliphatic rings. The lowest BCUT2D eigenvalue weighted by molar-refractivity contribution is 0.102. The minimum absolute atomic E-state index is 0.232. The fraction of sp³-hybridized carbons (Fsp3) is 0.143. The first-order chi connectivity index (χ1) is 9.38. The second-order valence-electron chi connectivity index (χ2n) is 4.39. The Morgan fingerprint density at radius 3 is 2.60 bits per heavy atom. The number of carbonyl (C=O) groups is 1. The number of nitrogen functional groups attached to an aromatic ring is 1. The molecule has 20 heavy (non-hydrogen) atoms. The summed E-state index contributed by atoms with van der Waals surface area (Å²) in [6, 6.07) is 7.10. The summed E-state index contributed by atoms with van der Waals surface area (Å²) in [5.41, 5.74) is 8.53. The molecule has 0 aliphatic heterocycles. The van der Waals surface area contributed by atoms with Crippen LogP contribution in [0.3, 0.4) is 0 Å². The van der Waals surface area contributed by atoms with Gasteiger partial charge in [-0.1, -0.05) is 15.9 Å². The van der Waals surface area contributed by atoms with Gasteiger partial charge in [0.2, 0.25) is 0 Å². The van der Waals surface area contributed by atoms with Crippen LogP contribution in [0.5, 0.6) is 0 Å². The van der Waals surface area contributed by atoms with Crippen molar-refractivity contribution in [1.29, 1.82) is 0 Å². The number of aryl methyl sites for hydroxylation is 1. The van der Waals surface area contributed by atoms with Gasteiger partial charge in [0.15, 0.2) is 0 Å². The molecule has 1 aromatic carbocycles. The molecule has 0 fully saturated rings. The standard InChI is InChI=1S/C14H13Br2N3O/c1-7-10(5-9(15)6-12(7)17)14(20)19-13-4-3-11(16)8(2)18-13/h3-6H,17H2,1-2H3,(H,18,19,20). The molecule has 0 radical (unpaired) electrons. The molecule has 0 saturated carbocycles. The van der Waals surface area contributed by atoms with Gasteiger partial charge in [-0.05, 0) is 59.6 Å². The predicted octanol–water partition coefficient (Wildman–Crippen LogP) is 4.06. The topological polar surface area (TPSA) is 68.0 Å². The predicted molar refractivity (Wildman–Crippen MR) is 87.9 cm³/mol. The Balaban J connectivity index is 2.30. The highest BCUT2D eigenvalue weighted by Crippen LogP contribution is 2.24. The van der Waals surface area contributed by atoms with E-state index in [2.05, 4.69) is 42.2 Å². The monoisotopic (exact) mass is 397 g/mol. The maximum absolute atomic E-state index is 12.3. The summed E-state index contributed by atoms with van der Waals surface area (Å²) in [6.07, 6.45) is 0. The van der Waals surface area contributed by atoms with E-state index in [1.165, 1.54) is 0 Å². The van der Waals surface area contributed by atoms with Crippen LogP contribution < -0.4 is 11.1 Å². The van der Waals surface area contributed by atoms with E-state index in [4.69, 9.17) is 5.73 Å². The third-order valence-electron chi connectivity index (χ3n) is 2.92. The van der Waals surface area contributed by atoms with Gasteiger partial charge in [0.1, 0.15) is 5.82 Å². The van der Waals surface area contributed by atoms with E-state index in [9.17, 15) is 4.79 Å². The Hall–Kier alpha value is -1.40. The van der Waals surface area contributed by atoms with Crippen molar-refractivity contribution >= 4 is 49.3 Å². The Kier molecular flexibility index (Phi) is 4.45. The van der Waals surface area contributed by atoms with E-state index in [0.29, 0.717) is 17.1 Å². The highest BCUT2D eigenvalue weighted by Gasteiger charge is 2.13. The molecule has 3 N–H and O–H groups in total. The second kappa shape index (κ2) is 5.93. The number of nitrogens with zero attached hydrogens (tertiary/aromatic N) is 1. The Morgan fingerprint density at radius 2 is 1.95 bits per heavy atom. The number of rotatable bonds is 2. The Bertz CT molecular complexity index is 686. The van der Waals surface area contributed by atoms with Crippen LogP contribution in [0.4, 0.5) is 11.5 Å². The molecule has 2 rings (SSSR count). The van der Waals surface area contributed by atoms with Crippen molar-refractivity contribution in [2.75, 3.05) is 11.1 Å². The van der Waals surface area contributed by atoms with E-state index >= 15 is 0 Å². The Morgan fingerprint density at radius 1 is 1.25 bits per heavy atom. The van der Waals surface area contributed by atoms with Gasteiger partial charge >= 0.3 is 0 Å². The minimum Gasteiger partial charge on any atom is -0.398 e. The molecular weight excluding hydrogens is 386 g/mol. The van der Waals surface area contributed by atoms with Crippen LogP contribution in [0.2, 0.25) is 0 Å². The summed E-state index contributed by atoms with van der Waals surface area (Å²) in [6.45, 7) is 3.68. The van der Waals surface area contributed by atoms with Gasteiger partial charge in [-0.15, -0.1) is 0 Å². The molecule has 0 saturated heterocycles. The lowest BCUT2D eigenvalue weighted by atomic mass is 10.1. The van der Waals surface area contributed by atoms with Crippen molar-refractivity contribution in [2.24, 2.45) is 0 Å². The van der Waals surface area contributed by atoms with Gasteiger partial charge in [0.25, 0.3) is 5.91 Å². The maximum atomic E-state index is 12.3. The van der Waals surface area contributed by atoms with Crippen molar-refractivity contribution in [3.63, 3.8) is 0 Å². The van der Waals surface area contributed by atoms with Crippen LogP contribution in [-0.2, 0) is 0 Å². The molecule has 6 heteroatoms. The zero-order valence-corrected chi connectivity index (χ0v) is 14.2. The molecule has 0 unspecified atom stereocenters. The number of hydrogen-bond donors (Lipinski definition) is 2. The fourth-order valence-corrected chi connectivity index (χ4v) is 2.43. The van der Waals surface area contributed by atoms with Gasteiger partial charge in [0.05, 0.1) is 5.69 Å². The number of nitrogens with one attached hydrogen (secondary N) is 1. The van der Waals surface area contributed by atoms with E-state index in [1.54, 1.807) is 18.2 Å². The first-order valence-electron chi connectivity index (χ1n) is 5.88. The molecule has 0 aliphatic carbocycles.